The van der Waals surface area contributed by atoms with Crippen molar-refractivity contribution in [2.45, 2.75) is 45.3 Å². The van der Waals surface area contributed by atoms with Gasteiger partial charge < -0.3 is 15.1 Å². The number of β-amino-alcohol motifs (C(OH)–C–C–N with tert-alkyl or cyclic N) is 1. The lowest BCUT2D eigenvalue weighted by atomic mass is 9.93. The van der Waals surface area contributed by atoms with E-state index in [1.807, 2.05) is 13.8 Å². The molecule has 1 fully saturated rings. The van der Waals surface area contributed by atoms with Crippen molar-refractivity contribution >= 4 is 0 Å². The molecule has 84 valence electrons. The van der Waals surface area contributed by atoms with Gasteiger partial charge in [0.15, 0.2) is 0 Å². The minimum atomic E-state index is -0.212. The highest BCUT2D eigenvalue weighted by atomic mass is 16.3. The van der Waals surface area contributed by atoms with Gasteiger partial charge in [-0.15, -0.1) is 0 Å². The molecule has 0 aliphatic carbocycles. The fourth-order valence-corrected chi connectivity index (χ4v) is 2.08. The molecular weight excluding hydrogens is 178 g/mol. The standard InChI is InChI=1S/C11H23NO2/c1-3-11(14)8-12-6-4-5-10(7-12)9(2)13/h9-11,13-14H,3-8H2,1-2H3/t9?,10?,11-/m1/s1. The summed E-state index contributed by atoms with van der Waals surface area (Å²) in [6, 6.07) is 0. The summed E-state index contributed by atoms with van der Waals surface area (Å²) in [4.78, 5) is 2.27. The van der Waals surface area contributed by atoms with E-state index in [-0.39, 0.29) is 12.2 Å². The second-order valence-electron chi connectivity index (χ2n) is 4.46. The van der Waals surface area contributed by atoms with Crippen molar-refractivity contribution in [2.75, 3.05) is 19.6 Å². The molecule has 0 amide bonds. The van der Waals surface area contributed by atoms with Gasteiger partial charge in [0.25, 0.3) is 0 Å². The second kappa shape index (κ2) is 5.69. The van der Waals surface area contributed by atoms with Crippen LogP contribution in [0.15, 0.2) is 0 Å². The van der Waals surface area contributed by atoms with Gasteiger partial charge in [0, 0.05) is 13.1 Å². The van der Waals surface area contributed by atoms with Crippen LogP contribution in [0.1, 0.15) is 33.1 Å². The third-order valence-corrected chi connectivity index (χ3v) is 3.16. The minimum Gasteiger partial charge on any atom is -0.393 e. The molecule has 0 aromatic heterocycles. The van der Waals surface area contributed by atoms with E-state index >= 15 is 0 Å². The number of likely N-dealkylation sites (tertiary alicyclic amines) is 1. The summed E-state index contributed by atoms with van der Waals surface area (Å²) >= 11 is 0. The fourth-order valence-electron chi connectivity index (χ4n) is 2.08. The molecule has 3 heteroatoms. The first-order chi connectivity index (χ1) is 6.63. The van der Waals surface area contributed by atoms with Gasteiger partial charge in [-0.05, 0) is 38.6 Å². The van der Waals surface area contributed by atoms with Gasteiger partial charge in [-0.2, -0.15) is 0 Å². The zero-order chi connectivity index (χ0) is 10.6. The largest absolute Gasteiger partial charge is 0.393 e. The highest BCUT2D eigenvalue weighted by Gasteiger charge is 2.24. The minimum absolute atomic E-state index is 0.206. The zero-order valence-electron chi connectivity index (χ0n) is 9.32. The number of hydrogen-bond donors (Lipinski definition) is 2. The molecule has 0 bridgehead atoms. The number of piperidine rings is 1. The monoisotopic (exact) mass is 201 g/mol. The first kappa shape index (κ1) is 12.0. The van der Waals surface area contributed by atoms with Crippen molar-refractivity contribution < 1.29 is 10.2 Å². The van der Waals surface area contributed by atoms with Crippen LogP contribution < -0.4 is 0 Å². The van der Waals surface area contributed by atoms with Gasteiger partial charge in [-0.1, -0.05) is 6.92 Å². The average Bonchev–Trinajstić information content (AvgIpc) is 2.18. The molecule has 1 saturated heterocycles. The van der Waals surface area contributed by atoms with Crippen LogP contribution >= 0.6 is 0 Å². The van der Waals surface area contributed by atoms with Gasteiger partial charge in [0.05, 0.1) is 12.2 Å². The molecule has 1 rings (SSSR count). The van der Waals surface area contributed by atoms with Crippen LogP contribution in [0.2, 0.25) is 0 Å². The maximum atomic E-state index is 9.53. The summed E-state index contributed by atoms with van der Waals surface area (Å²) in [7, 11) is 0. The smallest absolute Gasteiger partial charge is 0.0664 e. The van der Waals surface area contributed by atoms with Crippen LogP contribution in [-0.4, -0.2) is 47.0 Å². The number of rotatable bonds is 4. The van der Waals surface area contributed by atoms with E-state index in [9.17, 15) is 10.2 Å². The van der Waals surface area contributed by atoms with Crippen molar-refractivity contribution in [3.8, 4) is 0 Å². The summed E-state index contributed by atoms with van der Waals surface area (Å²) in [5.41, 5.74) is 0. The zero-order valence-corrected chi connectivity index (χ0v) is 9.32. The summed E-state index contributed by atoms with van der Waals surface area (Å²) in [6.07, 6.45) is 2.66. The first-order valence-electron chi connectivity index (χ1n) is 5.72. The summed E-state index contributed by atoms with van der Waals surface area (Å²) < 4.78 is 0. The highest BCUT2D eigenvalue weighted by Crippen LogP contribution is 2.19. The third kappa shape index (κ3) is 3.56. The van der Waals surface area contributed by atoms with Crippen molar-refractivity contribution in [3.05, 3.63) is 0 Å². The van der Waals surface area contributed by atoms with Crippen LogP contribution in [-0.2, 0) is 0 Å². The average molecular weight is 201 g/mol. The van der Waals surface area contributed by atoms with Crippen molar-refractivity contribution in [3.63, 3.8) is 0 Å². The number of nitrogens with zero attached hydrogens (tertiary/aromatic N) is 1. The van der Waals surface area contributed by atoms with Crippen molar-refractivity contribution in [1.82, 2.24) is 4.90 Å². The number of aliphatic hydroxyl groups excluding tert-OH is 2. The summed E-state index contributed by atoms with van der Waals surface area (Å²) in [5, 5.41) is 19.0. The fraction of sp³-hybridized carbons (Fsp3) is 1.00. The van der Waals surface area contributed by atoms with E-state index in [0.717, 1.165) is 38.9 Å². The predicted octanol–water partition coefficient (Wildman–Crippen LogP) is 0.850. The van der Waals surface area contributed by atoms with Crippen LogP contribution in [0.25, 0.3) is 0 Å². The Morgan fingerprint density at radius 3 is 2.71 bits per heavy atom. The number of hydrogen-bond acceptors (Lipinski definition) is 3. The number of aliphatic hydroxyl groups is 2. The Morgan fingerprint density at radius 2 is 2.14 bits per heavy atom. The van der Waals surface area contributed by atoms with Gasteiger partial charge in [-0.3, -0.25) is 0 Å². The molecule has 0 aromatic carbocycles. The molecule has 3 nitrogen and oxygen atoms in total. The van der Waals surface area contributed by atoms with Gasteiger partial charge >= 0.3 is 0 Å². The van der Waals surface area contributed by atoms with Gasteiger partial charge in [0.1, 0.15) is 0 Å². The molecule has 14 heavy (non-hydrogen) atoms. The molecule has 0 saturated carbocycles. The van der Waals surface area contributed by atoms with E-state index in [4.69, 9.17) is 0 Å². The molecule has 2 N–H and O–H groups in total. The molecule has 0 radical (unpaired) electrons. The van der Waals surface area contributed by atoms with Crippen molar-refractivity contribution in [2.24, 2.45) is 5.92 Å². The Labute approximate surface area is 86.7 Å². The van der Waals surface area contributed by atoms with Crippen LogP contribution in [0, 0.1) is 5.92 Å². The SMILES string of the molecule is CC[C@@H](O)CN1CCCC(C(C)O)C1. The predicted molar refractivity (Wildman–Crippen MR) is 57.1 cm³/mol. The molecule has 2 unspecified atom stereocenters. The van der Waals surface area contributed by atoms with Crippen LogP contribution in [0.3, 0.4) is 0 Å². The van der Waals surface area contributed by atoms with E-state index in [1.165, 1.54) is 0 Å². The maximum Gasteiger partial charge on any atom is 0.0664 e. The Balaban J connectivity index is 2.32. The van der Waals surface area contributed by atoms with E-state index in [1.54, 1.807) is 0 Å². The second-order valence-corrected chi connectivity index (χ2v) is 4.46. The quantitative estimate of drug-likeness (QED) is 0.708. The molecule has 0 aromatic rings. The molecule has 1 aliphatic rings. The third-order valence-electron chi connectivity index (χ3n) is 3.16. The highest BCUT2D eigenvalue weighted by molar-refractivity contribution is 4.77. The molecule has 3 atom stereocenters. The van der Waals surface area contributed by atoms with Crippen molar-refractivity contribution in [1.29, 1.82) is 0 Å². The van der Waals surface area contributed by atoms with E-state index in [2.05, 4.69) is 4.90 Å². The van der Waals surface area contributed by atoms with E-state index < -0.39 is 0 Å². The molecule has 0 spiro atoms. The first-order valence-corrected chi connectivity index (χ1v) is 5.72. The lowest BCUT2D eigenvalue weighted by Crippen LogP contribution is -2.42. The van der Waals surface area contributed by atoms with Crippen LogP contribution in [0.5, 0.6) is 0 Å². The summed E-state index contributed by atoms with van der Waals surface area (Å²) in [6.45, 7) is 6.64. The lowest BCUT2D eigenvalue weighted by Gasteiger charge is -2.35. The summed E-state index contributed by atoms with van der Waals surface area (Å²) in [5.74, 6) is 0.396. The van der Waals surface area contributed by atoms with Gasteiger partial charge in [0.2, 0.25) is 0 Å². The van der Waals surface area contributed by atoms with Crippen LogP contribution in [0.4, 0.5) is 0 Å². The molecule has 1 heterocycles. The lowest BCUT2D eigenvalue weighted by molar-refractivity contribution is 0.0372. The Kier molecular flexibility index (Phi) is 4.85. The Bertz CT molecular complexity index is 161. The Hall–Kier alpha value is -0.120. The normalized spacial score (nSPS) is 28.7. The topological polar surface area (TPSA) is 43.7 Å². The molecular formula is C11H23NO2. The maximum absolute atomic E-state index is 9.53. The van der Waals surface area contributed by atoms with E-state index in [0.29, 0.717) is 5.92 Å². The molecule has 1 aliphatic heterocycles. The van der Waals surface area contributed by atoms with Gasteiger partial charge in [-0.25, -0.2) is 0 Å². The Morgan fingerprint density at radius 1 is 1.43 bits per heavy atom.